The van der Waals surface area contributed by atoms with Gasteiger partial charge in [0, 0.05) is 27.1 Å². The van der Waals surface area contributed by atoms with E-state index >= 15 is 0 Å². The number of methoxy groups -OCH3 is 2. The Morgan fingerprint density at radius 2 is 1.29 bits per heavy atom. The maximum Gasteiger partial charge on any atom is 0.407 e. The van der Waals surface area contributed by atoms with Gasteiger partial charge in [-0.2, -0.15) is 0 Å². The molecule has 0 aromatic heterocycles. The monoisotopic (exact) mass is 493 g/mol. The minimum absolute atomic E-state index is 0.0695. The molecule has 0 saturated carbocycles. The van der Waals surface area contributed by atoms with Crippen LogP contribution < -0.4 is 10.6 Å². The number of nitrogens with one attached hydrogen (secondary N) is 2. The van der Waals surface area contributed by atoms with E-state index in [1.165, 1.54) is 14.2 Å². The van der Waals surface area contributed by atoms with Gasteiger partial charge >= 0.3 is 18.2 Å². The van der Waals surface area contributed by atoms with Gasteiger partial charge in [0.2, 0.25) is 0 Å². The lowest BCUT2D eigenvalue weighted by atomic mass is 10.3. The SMILES string of the molecule is COCCOCCOC(=O)NCC(NC(=O)OCCOCCOC)C(=O)ON1C(=O)CCC1=O. The maximum atomic E-state index is 12.4. The second-order valence-corrected chi connectivity index (χ2v) is 6.55. The number of hydrogen-bond acceptors (Lipinski definition) is 12. The van der Waals surface area contributed by atoms with Gasteiger partial charge in [-0.05, 0) is 0 Å². The molecule has 194 valence electrons. The molecule has 0 aromatic carbocycles. The van der Waals surface area contributed by atoms with Crippen molar-refractivity contribution < 1.29 is 57.2 Å². The van der Waals surface area contributed by atoms with E-state index in [1.807, 2.05) is 0 Å². The van der Waals surface area contributed by atoms with Gasteiger partial charge in [0.15, 0.2) is 0 Å². The van der Waals surface area contributed by atoms with Crippen LogP contribution in [0, 0.1) is 0 Å². The fraction of sp³-hybridized carbons (Fsp3) is 0.737. The van der Waals surface area contributed by atoms with Gasteiger partial charge < -0.3 is 43.9 Å². The Bertz CT molecular complexity index is 659. The van der Waals surface area contributed by atoms with Crippen LogP contribution in [0.15, 0.2) is 0 Å². The van der Waals surface area contributed by atoms with Crippen LogP contribution in [0.25, 0.3) is 0 Å². The summed E-state index contributed by atoms with van der Waals surface area (Å²) < 4.78 is 29.7. The third-order valence-electron chi connectivity index (χ3n) is 4.00. The molecule has 0 spiro atoms. The highest BCUT2D eigenvalue weighted by atomic mass is 16.7. The molecule has 1 fully saturated rings. The molecular formula is C19H31N3O12. The molecule has 0 aliphatic carbocycles. The third kappa shape index (κ3) is 12.3. The lowest BCUT2D eigenvalue weighted by molar-refractivity contribution is -0.198. The van der Waals surface area contributed by atoms with E-state index in [4.69, 9.17) is 33.3 Å². The first-order chi connectivity index (χ1) is 16.4. The molecule has 1 rings (SSSR count). The zero-order valence-corrected chi connectivity index (χ0v) is 19.2. The van der Waals surface area contributed by atoms with Gasteiger partial charge in [-0.15, -0.1) is 5.06 Å². The topological polar surface area (TPSA) is 177 Å². The van der Waals surface area contributed by atoms with Crippen molar-refractivity contribution in [2.75, 3.05) is 73.6 Å². The molecule has 0 radical (unpaired) electrons. The van der Waals surface area contributed by atoms with Gasteiger partial charge in [0.05, 0.1) is 46.2 Å². The van der Waals surface area contributed by atoms with Crippen molar-refractivity contribution in [3.05, 3.63) is 0 Å². The van der Waals surface area contributed by atoms with Crippen LogP contribution in [0.3, 0.4) is 0 Å². The molecule has 34 heavy (non-hydrogen) atoms. The standard InChI is InChI=1S/C19H31N3O12/c1-28-5-7-30-9-11-32-18(26)20-13-14(17(25)34-22-15(23)3-4-16(22)24)21-19(27)33-12-10-31-8-6-29-2/h14H,3-13H2,1-2H3,(H,20,26)(H,21,27). The summed E-state index contributed by atoms with van der Waals surface area (Å²) in [5.74, 6) is -2.57. The smallest absolute Gasteiger partial charge is 0.407 e. The van der Waals surface area contributed by atoms with Crippen molar-refractivity contribution in [1.82, 2.24) is 15.7 Å². The average molecular weight is 493 g/mol. The van der Waals surface area contributed by atoms with Crippen LogP contribution in [0.1, 0.15) is 12.8 Å². The Balaban J connectivity index is 2.51. The predicted molar refractivity (Wildman–Crippen MR) is 110 cm³/mol. The number of alkyl carbamates (subject to hydrolysis) is 2. The summed E-state index contributed by atoms with van der Waals surface area (Å²) in [6.07, 6.45) is -2.13. The Labute approximate surface area is 196 Å². The number of imide groups is 1. The molecule has 15 heteroatoms. The zero-order chi connectivity index (χ0) is 25.2. The van der Waals surface area contributed by atoms with Crippen LogP contribution in [0.4, 0.5) is 9.59 Å². The largest absolute Gasteiger partial charge is 0.447 e. The number of carbonyl (C=O) groups excluding carboxylic acids is 5. The van der Waals surface area contributed by atoms with E-state index in [1.54, 1.807) is 0 Å². The second kappa shape index (κ2) is 17.5. The van der Waals surface area contributed by atoms with Crippen molar-refractivity contribution in [1.29, 1.82) is 0 Å². The summed E-state index contributed by atoms with van der Waals surface area (Å²) in [5, 5.41) is 4.78. The molecular weight excluding hydrogens is 462 g/mol. The first-order valence-corrected chi connectivity index (χ1v) is 10.4. The predicted octanol–water partition coefficient (Wildman–Crippen LogP) is -1.26. The Morgan fingerprint density at radius 3 is 1.82 bits per heavy atom. The number of carbonyl (C=O) groups is 5. The Morgan fingerprint density at radius 1 is 0.794 bits per heavy atom. The molecule has 1 heterocycles. The number of rotatable bonds is 17. The van der Waals surface area contributed by atoms with Crippen LogP contribution in [0.2, 0.25) is 0 Å². The highest BCUT2D eigenvalue weighted by Crippen LogP contribution is 2.12. The molecule has 0 bridgehead atoms. The summed E-state index contributed by atoms with van der Waals surface area (Å²) in [5.41, 5.74) is 0. The molecule has 1 unspecified atom stereocenters. The minimum Gasteiger partial charge on any atom is -0.447 e. The van der Waals surface area contributed by atoms with E-state index in [2.05, 4.69) is 10.6 Å². The molecule has 1 aliphatic heterocycles. The van der Waals surface area contributed by atoms with Crippen LogP contribution in [0.5, 0.6) is 0 Å². The molecule has 2 N–H and O–H groups in total. The summed E-state index contributed by atoms with van der Waals surface area (Å²) in [6.45, 7) is 0.924. The normalized spacial score (nSPS) is 14.0. The summed E-state index contributed by atoms with van der Waals surface area (Å²) in [4.78, 5) is 64.4. The fourth-order valence-electron chi connectivity index (χ4n) is 2.30. The number of ether oxygens (including phenoxy) is 6. The third-order valence-corrected chi connectivity index (χ3v) is 4.00. The Hall–Kier alpha value is -3.01. The molecule has 0 aromatic rings. The van der Waals surface area contributed by atoms with Crippen molar-refractivity contribution in [3.63, 3.8) is 0 Å². The molecule has 1 atom stereocenters. The molecule has 15 nitrogen and oxygen atoms in total. The van der Waals surface area contributed by atoms with E-state index in [0.29, 0.717) is 31.5 Å². The van der Waals surface area contributed by atoms with E-state index in [9.17, 15) is 24.0 Å². The molecule has 1 aliphatic rings. The maximum absolute atomic E-state index is 12.4. The first kappa shape index (κ1) is 29.0. The van der Waals surface area contributed by atoms with Gasteiger partial charge in [-0.3, -0.25) is 9.59 Å². The second-order valence-electron chi connectivity index (χ2n) is 6.55. The van der Waals surface area contributed by atoms with Gasteiger partial charge in [-0.25, -0.2) is 14.4 Å². The van der Waals surface area contributed by atoms with Crippen LogP contribution in [-0.2, 0) is 47.6 Å². The molecule has 4 amide bonds. The van der Waals surface area contributed by atoms with E-state index < -0.39 is 42.6 Å². The Kier molecular flexibility index (Phi) is 14.9. The number of amides is 4. The summed E-state index contributed by atoms with van der Waals surface area (Å²) in [7, 11) is 3.03. The fourth-order valence-corrected chi connectivity index (χ4v) is 2.30. The lowest BCUT2D eigenvalue weighted by Gasteiger charge is -2.20. The average Bonchev–Trinajstić information content (AvgIpc) is 3.13. The van der Waals surface area contributed by atoms with E-state index in [0.717, 1.165) is 0 Å². The highest BCUT2D eigenvalue weighted by Gasteiger charge is 2.35. The number of hydrogen-bond donors (Lipinski definition) is 2. The van der Waals surface area contributed by atoms with Crippen molar-refractivity contribution in [3.8, 4) is 0 Å². The summed E-state index contributed by atoms with van der Waals surface area (Å²) >= 11 is 0. The summed E-state index contributed by atoms with van der Waals surface area (Å²) in [6, 6.07) is -1.49. The van der Waals surface area contributed by atoms with Gasteiger partial charge in [0.25, 0.3) is 11.8 Å². The minimum atomic E-state index is -1.49. The quantitative estimate of drug-likeness (QED) is 0.182. The highest BCUT2D eigenvalue weighted by molar-refractivity contribution is 6.01. The van der Waals surface area contributed by atoms with E-state index in [-0.39, 0.29) is 39.3 Å². The van der Waals surface area contributed by atoms with Gasteiger partial charge in [0.1, 0.15) is 19.3 Å². The lowest BCUT2D eigenvalue weighted by Crippen LogP contribution is -2.51. The first-order valence-electron chi connectivity index (χ1n) is 10.4. The number of hydroxylamine groups is 2. The number of nitrogens with zero attached hydrogens (tertiary/aromatic N) is 1. The van der Waals surface area contributed by atoms with Gasteiger partial charge in [-0.1, -0.05) is 0 Å². The van der Waals surface area contributed by atoms with Crippen LogP contribution >= 0.6 is 0 Å². The van der Waals surface area contributed by atoms with Crippen LogP contribution in [-0.4, -0.2) is 115 Å². The molecule has 1 saturated heterocycles. The zero-order valence-electron chi connectivity index (χ0n) is 19.2. The van der Waals surface area contributed by atoms with Crippen molar-refractivity contribution in [2.24, 2.45) is 0 Å². The van der Waals surface area contributed by atoms with Crippen molar-refractivity contribution in [2.45, 2.75) is 18.9 Å². The van der Waals surface area contributed by atoms with Crippen molar-refractivity contribution >= 4 is 30.0 Å².